The van der Waals surface area contributed by atoms with Gasteiger partial charge in [-0.25, -0.2) is 0 Å². The van der Waals surface area contributed by atoms with E-state index in [1.807, 2.05) is 0 Å². The predicted molar refractivity (Wildman–Crippen MR) is 59.3 cm³/mol. The Labute approximate surface area is 87.5 Å². The summed E-state index contributed by atoms with van der Waals surface area (Å²) in [6.07, 6.45) is 3.91. The van der Waals surface area contributed by atoms with Crippen molar-refractivity contribution in [3.8, 4) is 0 Å². The van der Waals surface area contributed by atoms with Crippen molar-refractivity contribution in [1.29, 1.82) is 0 Å². The average molecular weight is 203 g/mol. The van der Waals surface area contributed by atoms with Crippen molar-refractivity contribution >= 4 is 0 Å². The van der Waals surface area contributed by atoms with Gasteiger partial charge >= 0.3 is 0 Å². The fraction of sp³-hybridized carbons (Fsp3) is 1.00. The molecule has 0 aliphatic carbocycles. The Kier molecular flexibility index (Phi) is 9.35. The van der Waals surface area contributed by atoms with E-state index >= 15 is 0 Å². The molecule has 3 nitrogen and oxygen atoms in total. The van der Waals surface area contributed by atoms with E-state index in [1.165, 1.54) is 0 Å². The summed E-state index contributed by atoms with van der Waals surface area (Å²) in [5, 5.41) is 20.9. The van der Waals surface area contributed by atoms with Crippen LogP contribution in [0.3, 0.4) is 0 Å². The largest absolute Gasteiger partial charge is 0.396 e. The molecular weight excluding hydrogens is 178 g/mol. The first-order chi connectivity index (χ1) is 6.72. The van der Waals surface area contributed by atoms with Crippen molar-refractivity contribution in [2.45, 2.75) is 45.6 Å². The summed E-state index contributed by atoms with van der Waals surface area (Å²) in [6.45, 7) is 5.88. The summed E-state index contributed by atoms with van der Waals surface area (Å²) in [5.41, 5.74) is 0. The first kappa shape index (κ1) is 13.9. The zero-order chi connectivity index (χ0) is 10.8. The Morgan fingerprint density at radius 1 is 1.00 bits per heavy atom. The van der Waals surface area contributed by atoms with Crippen LogP contribution in [0.15, 0.2) is 0 Å². The van der Waals surface area contributed by atoms with Gasteiger partial charge in [-0.05, 0) is 38.1 Å². The maximum Gasteiger partial charge on any atom is 0.0445 e. The van der Waals surface area contributed by atoms with Gasteiger partial charge in [-0.15, -0.1) is 0 Å². The molecule has 0 saturated heterocycles. The maximum absolute atomic E-state index is 8.85. The fourth-order valence-electron chi connectivity index (χ4n) is 1.51. The summed E-state index contributed by atoms with van der Waals surface area (Å²) in [5.74, 6) is 0.569. The number of aliphatic hydroxyl groups excluding tert-OH is 2. The van der Waals surface area contributed by atoms with Gasteiger partial charge in [0.15, 0.2) is 0 Å². The van der Waals surface area contributed by atoms with E-state index in [4.69, 9.17) is 10.2 Å². The minimum atomic E-state index is 0.256. The number of unbranched alkanes of at least 4 members (excludes halogenated alkanes) is 2. The summed E-state index contributed by atoms with van der Waals surface area (Å²) in [7, 11) is 0. The van der Waals surface area contributed by atoms with Gasteiger partial charge in [0.1, 0.15) is 0 Å². The second-order valence-electron chi connectivity index (χ2n) is 4.10. The standard InChI is InChI=1S/C11H25NO2/c1-10(2)11(6-9-14)12-7-4-3-5-8-13/h10-14H,3-9H2,1-2H3. The molecule has 1 atom stereocenters. The number of rotatable bonds is 9. The molecule has 0 bridgehead atoms. The van der Waals surface area contributed by atoms with Crippen LogP contribution in [-0.2, 0) is 0 Å². The van der Waals surface area contributed by atoms with Crippen LogP contribution < -0.4 is 5.32 Å². The van der Waals surface area contributed by atoms with Gasteiger partial charge < -0.3 is 15.5 Å². The van der Waals surface area contributed by atoms with Crippen molar-refractivity contribution in [2.75, 3.05) is 19.8 Å². The molecule has 0 aliphatic rings. The molecule has 0 fully saturated rings. The molecule has 0 saturated carbocycles. The van der Waals surface area contributed by atoms with Crippen LogP contribution in [0.1, 0.15) is 39.5 Å². The minimum absolute atomic E-state index is 0.256. The van der Waals surface area contributed by atoms with Gasteiger partial charge in [-0.1, -0.05) is 13.8 Å². The van der Waals surface area contributed by atoms with E-state index in [0.29, 0.717) is 18.6 Å². The van der Waals surface area contributed by atoms with Crippen molar-refractivity contribution in [1.82, 2.24) is 5.32 Å². The van der Waals surface area contributed by atoms with Crippen LogP contribution >= 0.6 is 0 Å². The molecule has 3 N–H and O–H groups in total. The quantitative estimate of drug-likeness (QED) is 0.493. The zero-order valence-electron chi connectivity index (χ0n) is 9.50. The molecule has 0 aromatic heterocycles. The molecule has 0 rings (SSSR count). The fourth-order valence-corrected chi connectivity index (χ4v) is 1.51. The minimum Gasteiger partial charge on any atom is -0.396 e. The second-order valence-corrected chi connectivity index (χ2v) is 4.10. The third kappa shape index (κ3) is 7.30. The van der Waals surface area contributed by atoms with E-state index < -0.39 is 0 Å². The van der Waals surface area contributed by atoms with E-state index in [2.05, 4.69) is 19.2 Å². The molecule has 3 heteroatoms. The molecule has 1 unspecified atom stereocenters. The molecule has 0 aromatic rings. The van der Waals surface area contributed by atoms with E-state index in [-0.39, 0.29) is 6.61 Å². The summed E-state index contributed by atoms with van der Waals surface area (Å²) < 4.78 is 0. The van der Waals surface area contributed by atoms with Gasteiger partial charge in [0, 0.05) is 19.3 Å². The monoisotopic (exact) mass is 203 g/mol. The van der Waals surface area contributed by atoms with Crippen molar-refractivity contribution in [3.05, 3.63) is 0 Å². The zero-order valence-corrected chi connectivity index (χ0v) is 9.50. The predicted octanol–water partition coefficient (Wildman–Crippen LogP) is 1.15. The van der Waals surface area contributed by atoms with Crippen molar-refractivity contribution in [2.24, 2.45) is 5.92 Å². The van der Waals surface area contributed by atoms with Crippen LogP contribution in [0.4, 0.5) is 0 Å². The number of aliphatic hydroxyl groups is 2. The molecule has 0 aromatic carbocycles. The highest BCUT2D eigenvalue weighted by molar-refractivity contribution is 4.69. The Morgan fingerprint density at radius 3 is 2.21 bits per heavy atom. The van der Waals surface area contributed by atoms with E-state index in [1.54, 1.807) is 0 Å². The van der Waals surface area contributed by atoms with Gasteiger partial charge in [0.2, 0.25) is 0 Å². The first-order valence-electron chi connectivity index (χ1n) is 5.67. The van der Waals surface area contributed by atoms with Crippen molar-refractivity contribution in [3.63, 3.8) is 0 Å². The highest BCUT2D eigenvalue weighted by Gasteiger charge is 2.10. The summed E-state index contributed by atoms with van der Waals surface area (Å²) in [6, 6.07) is 0.425. The van der Waals surface area contributed by atoms with Gasteiger partial charge in [0.05, 0.1) is 0 Å². The van der Waals surface area contributed by atoms with Gasteiger partial charge in [0.25, 0.3) is 0 Å². The molecular formula is C11H25NO2. The molecule has 86 valence electrons. The number of hydrogen-bond donors (Lipinski definition) is 3. The van der Waals surface area contributed by atoms with Gasteiger partial charge in [-0.3, -0.25) is 0 Å². The van der Waals surface area contributed by atoms with Crippen LogP contribution in [0.5, 0.6) is 0 Å². The molecule has 0 heterocycles. The maximum atomic E-state index is 8.85. The lowest BCUT2D eigenvalue weighted by Crippen LogP contribution is -2.35. The van der Waals surface area contributed by atoms with Gasteiger partial charge in [-0.2, -0.15) is 0 Å². The summed E-state index contributed by atoms with van der Waals surface area (Å²) in [4.78, 5) is 0. The lowest BCUT2D eigenvalue weighted by Gasteiger charge is -2.21. The number of hydrogen-bond acceptors (Lipinski definition) is 3. The third-order valence-corrected chi connectivity index (χ3v) is 2.49. The molecule has 0 aliphatic heterocycles. The first-order valence-corrected chi connectivity index (χ1v) is 5.67. The van der Waals surface area contributed by atoms with Crippen LogP contribution in [0, 0.1) is 5.92 Å². The Bertz CT molecular complexity index is 118. The lowest BCUT2D eigenvalue weighted by molar-refractivity contribution is 0.243. The van der Waals surface area contributed by atoms with Crippen molar-refractivity contribution < 1.29 is 10.2 Å². The smallest absolute Gasteiger partial charge is 0.0445 e. The third-order valence-electron chi connectivity index (χ3n) is 2.49. The van der Waals surface area contributed by atoms with Crippen LogP contribution in [0.2, 0.25) is 0 Å². The molecule has 0 radical (unpaired) electrons. The lowest BCUT2D eigenvalue weighted by atomic mass is 10.0. The Balaban J connectivity index is 3.41. The van der Waals surface area contributed by atoms with Crippen LogP contribution in [-0.4, -0.2) is 36.0 Å². The molecule has 0 spiro atoms. The van der Waals surface area contributed by atoms with E-state index in [0.717, 1.165) is 32.2 Å². The highest BCUT2D eigenvalue weighted by Crippen LogP contribution is 2.05. The summed E-state index contributed by atoms with van der Waals surface area (Å²) >= 11 is 0. The van der Waals surface area contributed by atoms with E-state index in [9.17, 15) is 0 Å². The normalized spacial score (nSPS) is 13.5. The molecule has 0 amide bonds. The SMILES string of the molecule is CC(C)C(CCO)NCCCCCO. The second kappa shape index (κ2) is 9.44. The van der Waals surface area contributed by atoms with Crippen LogP contribution in [0.25, 0.3) is 0 Å². The topological polar surface area (TPSA) is 52.5 Å². The average Bonchev–Trinajstić information content (AvgIpc) is 2.15. The Hall–Kier alpha value is -0.120. The molecule has 14 heavy (non-hydrogen) atoms. The number of nitrogens with one attached hydrogen (secondary N) is 1. The highest BCUT2D eigenvalue weighted by atomic mass is 16.3. The Morgan fingerprint density at radius 2 is 1.71 bits per heavy atom.